The summed E-state index contributed by atoms with van der Waals surface area (Å²) < 4.78 is 5.02. The fraction of sp³-hybridized carbons (Fsp3) is 0.300. The van der Waals surface area contributed by atoms with Gasteiger partial charge >= 0.3 is 0 Å². The van der Waals surface area contributed by atoms with Crippen LogP contribution in [0, 0.1) is 0 Å². The molecule has 1 rings (SSSR count). The van der Waals surface area contributed by atoms with Gasteiger partial charge in [0.15, 0.2) is 5.78 Å². The van der Waals surface area contributed by atoms with Gasteiger partial charge in [-0.2, -0.15) is 0 Å². The third kappa shape index (κ3) is 2.48. The van der Waals surface area contributed by atoms with E-state index in [-0.39, 0.29) is 5.78 Å². The van der Waals surface area contributed by atoms with Gasteiger partial charge in [0.2, 0.25) is 0 Å². The van der Waals surface area contributed by atoms with Gasteiger partial charge in [0.05, 0.1) is 12.8 Å². The van der Waals surface area contributed by atoms with Gasteiger partial charge < -0.3 is 10.5 Å². The number of benzene rings is 1. The third-order valence-electron chi connectivity index (χ3n) is 1.88. The van der Waals surface area contributed by atoms with Crippen molar-refractivity contribution < 1.29 is 9.53 Å². The average molecular weight is 258 g/mol. The second-order valence-corrected chi connectivity index (χ2v) is 3.61. The second kappa shape index (κ2) is 5.00. The number of rotatable bonds is 4. The van der Waals surface area contributed by atoms with Gasteiger partial charge in [0.1, 0.15) is 5.75 Å². The quantitative estimate of drug-likeness (QED) is 0.512. The van der Waals surface area contributed by atoms with Crippen molar-refractivity contribution in [2.45, 2.75) is 6.42 Å². The highest BCUT2D eigenvalue weighted by atomic mass is 79.9. The van der Waals surface area contributed by atoms with Crippen LogP contribution in [0.2, 0.25) is 0 Å². The molecule has 0 aliphatic rings. The van der Waals surface area contributed by atoms with E-state index in [4.69, 9.17) is 10.5 Å². The summed E-state index contributed by atoms with van der Waals surface area (Å²) in [6, 6.07) is 5.06. The number of carbonyl (C=O) groups is 1. The molecule has 0 saturated heterocycles. The number of nitrogen functional groups attached to an aromatic ring is 1. The number of methoxy groups -OCH3 is 1. The number of carbonyl (C=O) groups excluding carboxylic acids is 1. The van der Waals surface area contributed by atoms with Gasteiger partial charge in [-0.3, -0.25) is 4.79 Å². The van der Waals surface area contributed by atoms with E-state index < -0.39 is 0 Å². The minimum absolute atomic E-state index is 0.0835. The molecule has 0 radical (unpaired) electrons. The summed E-state index contributed by atoms with van der Waals surface area (Å²) in [7, 11) is 1.53. The number of hydrogen-bond acceptors (Lipinski definition) is 3. The number of Topliss-reactive ketones (excluding diaryl/α,β-unsaturated/α-hetero) is 1. The van der Waals surface area contributed by atoms with Crippen LogP contribution < -0.4 is 10.5 Å². The summed E-state index contributed by atoms with van der Waals surface area (Å²) in [6.07, 6.45) is 0.479. The molecule has 4 heteroatoms. The molecule has 3 nitrogen and oxygen atoms in total. The minimum atomic E-state index is 0.0835. The van der Waals surface area contributed by atoms with Crippen LogP contribution in [0.1, 0.15) is 16.8 Å². The molecule has 1 aromatic rings. The molecule has 0 unspecified atom stereocenters. The number of ether oxygens (including phenoxy) is 1. The van der Waals surface area contributed by atoms with Crippen molar-refractivity contribution in [1.82, 2.24) is 0 Å². The molecule has 0 aliphatic heterocycles. The largest absolute Gasteiger partial charge is 0.495 e. The Morgan fingerprint density at radius 1 is 1.57 bits per heavy atom. The number of alkyl halides is 1. The molecule has 14 heavy (non-hydrogen) atoms. The Morgan fingerprint density at radius 2 is 2.29 bits per heavy atom. The molecule has 2 N–H and O–H groups in total. The highest BCUT2D eigenvalue weighted by Crippen LogP contribution is 2.22. The summed E-state index contributed by atoms with van der Waals surface area (Å²) >= 11 is 3.22. The lowest BCUT2D eigenvalue weighted by atomic mass is 10.1. The molecular weight excluding hydrogens is 246 g/mol. The zero-order chi connectivity index (χ0) is 10.6. The van der Waals surface area contributed by atoms with Crippen molar-refractivity contribution >= 4 is 27.4 Å². The van der Waals surface area contributed by atoms with Crippen LogP contribution in [-0.2, 0) is 0 Å². The fourth-order valence-corrected chi connectivity index (χ4v) is 1.47. The predicted octanol–water partition coefficient (Wildman–Crippen LogP) is 2.25. The average Bonchev–Trinajstić information content (AvgIpc) is 2.19. The van der Waals surface area contributed by atoms with Gasteiger partial charge in [-0.1, -0.05) is 15.9 Å². The minimum Gasteiger partial charge on any atom is -0.495 e. The summed E-state index contributed by atoms with van der Waals surface area (Å²) in [6.45, 7) is 0. The molecule has 0 aromatic heterocycles. The third-order valence-corrected chi connectivity index (χ3v) is 2.27. The van der Waals surface area contributed by atoms with Crippen LogP contribution >= 0.6 is 15.9 Å². The topological polar surface area (TPSA) is 52.3 Å². The SMILES string of the molecule is COc1cc(C(=O)CCBr)ccc1N. The van der Waals surface area contributed by atoms with E-state index in [1.54, 1.807) is 18.2 Å². The van der Waals surface area contributed by atoms with Gasteiger partial charge in [-0.05, 0) is 18.2 Å². The lowest BCUT2D eigenvalue weighted by Crippen LogP contribution is -2.01. The highest BCUT2D eigenvalue weighted by Gasteiger charge is 2.07. The first-order valence-electron chi connectivity index (χ1n) is 4.21. The Hall–Kier alpha value is -1.03. The molecule has 0 atom stereocenters. The fourth-order valence-electron chi connectivity index (χ4n) is 1.11. The van der Waals surface area contributed by atoms with Crippen molar-refractivity contribution in [1.29, 1.82) is 0 Å². The van der Waals surface area contributed by atoms with Gasteiger partial charge in [0, 0.05) is 17.3 Å². The first kappa shape index (κ1) is 11.0. The molecule has 0 amide bonds. The number of nitrogens with two attached hydrogens (primary N) is 1. The van der Waals surface area contributed by atoms with E-state index in [1.807, 2.05) is 0 Å². The first-order chi connectivity index (χ1) is 6.69. The van der Waals surface area contributed by atoms with E-state index in [2.05, 4.69) is 15.9 Å². The maximum atomic E-state index is 11.5. The maximum Gasteiger partial charge on any atom is 0.163 e. The van der Waals surface area contributed by atoms with Gasteiger partial charge in [-0.15, -0.1) is 0 Å². The Labute approximate surface area is 91.4 Å². The normalized spacial score (nSPS) is 9.86. The van der Waals surface area contributed by atoms with Crippen LogP contribution in [0.4, 0.5) is 5.69 Å². The van der Waals surface area contributed by atoms with E-state index in [9.17, 15) is 4.79 Å². The van der Waals surface area contributed by atoms with Crippen LogP contribution in [0.3, 0.4) is 0 Å². The lowest BCUT2D eigenvalue weighted by molar-refractivity contribution is 0.0989. The molecule has 0 aliphatic carbocycles. The number of halogens is 1. The molecular formula is C10H12BrNO2. The molecule has 0 bridgehead atoms. The highest BCUT2D eigenvalue weighted by molar-refractivity contribution is 9.09. The van der Waals surface area contributed by atoms with Crippen molar-refractivity contribution in [3.8, 4) is 5.75 Å². The van der Waals surface area contributed by atoms with E-state index in [1.165, 1.54) is 7.11 Å². The lowest BCUT2D eigenvalue weighted by Gasteiger charge is -2.06. The number of hydrogen-bond donors (Lipinski definition) is 1. The summed E-state index contributed by atoms with van der Waals surface area (Å²) in [5.41, 5.74) is 6.81. The molecule has 76 valence electrons. The molecule has 0 fully saturated rings. The van der Waals surface area contributed by atoms with E-state index in [0.29, 0.717) is 28.8 Å². The summed E-state index contributed by atoms with van der Waals surface area (Å²) in [4.78, 5) is 11.5. The van der Waals surface area contributed by atoms with Crippen molar-refractivity contribution in [3.63, 3.8) is 0 Å². The van der Waals surface area contributed by atoms with Crippen molar-refractivity contribution in [2.24, 2.45) is 0 Å². The monoisotopic (exact) mass is 257 g/mol. The molecule has 1 aromatic carbocycles. The van der Waals surface area contributed by atoms with Gasteiger partial charge in [0.25, 0.3) is 0 Å². The maximum absolute atomic E-state index is 11.5. The summed E-state index contributed by atoms with van der Waals surface area (Å²) in [5.74, 6) is 0.630. The Bertz CT molecular complexity index is 339. The smallest absolute Gasteiger partial charge is 0.163 e. The van der Waals surface area contributed by atoms with E-state index in [0.717, 1.165) is 0 Å². The Balaban J connectivity index is 2.94. The predicted molar refractivity (Wildman–Crippen MR) is 60.1 cm³/mol. The summed E-state index contributed by atoms with van der Waals surface area (Å²) in [5, 5.41) is 0.665. The van der Waals surface area contributed by atoms with Crippen LogP contribution in [-0.4, -0.2) is 18.2 Å². The number of anilines is 1. The van der Waals surface area contributed by atoms with E-state index >= 15 is 0 Å². The second-order valence-electron chi connectivity index (χ2n) is 2.82. The molecule has 0 saturated carbocycles. The van der Waals surface area contributed by atoms with Crippen molar-refractivity contribution in [3.05, 3.63) is 23.8 Å². The number of ketones is 1. The molecule has 0 spiro atoms. The molecule has 0 heterocycles. The zero-order valence-electron chi connectivity index (χ0n) is 7.92. The Kier molecular flexibility index (Phi) is 3.95. The van der Waals surface area contributed by atoms with Crippen LogP contribution in [0.15, 0.2) is 18.2 Å². The van der Waals surface area contributed by atoms with Crippen LogP contribution in [0.5, 0.6) is 5.75 Å². The van der Waals surface area contributed by atoms with Gasteiger partial charge in [-0.25, -0.2) is 0 Å². The van der Waals surface area contributed by atoms with Crippen LogP contribution in [0.25, 0.3) is 0 Å². The standard InChI is InChI=1S/C10H12BrNO2/c1-14-10-6-7(2-3-8(10)12)9(13)4-5-11/h2-3,6H,4-5,12H2,1H3. The van der Waals surface area contributed by atoms with Crippen molar-refractivity contribution in [2.75, 3.05) is 18.2 Å². The Morgan fingerprint density at radius 3 is 2.86 bits per heavy atom. The first-order valence-corrected chi connectivity index (χ1v) is 5.34. The zero-order valence-corrected chi connectivity index (χ0v) is 9.50.